The van der Waals surface area contributed by atoms with Gasteiger partial charge in [0.15, 0.2) is 0 Å². The Morgan fingerprint density at radius 2 is 2.23 bits per heavy atom. The molecule has 0 aliphatic carbocycles. The highest BCUT2D eigenvalue weighted by Gasteiger charge is 2.28. The van der Waals surface area contributed by atoms with Crippen LogP contribution in [0.3, 0.4) is 0 Å². The normalized spacial score (nSPS) is 18.6. The van der Waals surface area contributed by atoms with Gasteiger partial charge in [-0.15, -0.1) is 0 Å². The lowest BCUT2D eigenvalue weighted by atomic mass is 9.99. The number of likely N-dealkylation sites (tertiary alicyclic amines) is 1. The van der Waals surface area contributed by atoms with Gasteiger partial charge >= 0.3 is 0 Å². The number of amides is 1. The minimum absolute atomic E-state index is 0.157. The molecule has 1 atom stereocenters. The van der Waals surface area contributed by atoms with E-state index in [1.165, 1.54) is 6.20 Å². The predicted molar refractivity (Wildman–Crippen MR) is 86.1 cm³/mol. The molecule has 2 aromatic rings. The zero-order valence-electron chi connectivity index (χ0n) is 13.1. The molecule has 0 bridgehead atoms. The van der Waals surface area contributed by atoms with Gasteiger partial charge in [0.25, 0.3) is 5.91 Å². The van der Waals surface area contributed by atoms with E-state index in [1.807, 2.05) is 11.8 Å². The molecule has 1 saturated heterocycles. The van der Waals surface area contributed by atoms with Crippen LogP contribution in [0.5, 0.6) is 0 Å². The number of fused-ring (bicyclic) bond motifs is 1. The lowest BCUT2D eigenvalue weighted by Crippen LogP contribution is -2.44. The van der Waals surface area contributed by atoms with Crippen molar-refractivity contribution >= 4 is 16.9 Å². The van der Waals surface area contributed by atoms with Crippen molar-refractivity contribution in [2.24, 2.45) is 0 Å². The SMILES string of the molecule is CCC1CCCCN1C(=O)c1c[nH]c2nc(C)ccc2c1=O. The summed E-state index contributed by atoms with van der Waals surface area (Å²) >= 11 is 0. The van der Waals surface area contributed by atoms with Gasteiger partial charge in [-0.25, -0.2) is 4.98 Å². The Bertz CT molecular complexity index is 766. The number of nitrogens with zero attached hydrogens (tertiary/aromatic N) is 2. The molecule has 1 aliphatic heterocycles. The molecule has 5 nitrogen and oxygen atoms in total. The number of rotatable bonds is 2. The fraction of sp³-hybridized carbons (Fsp3) is 0.471. The van der Waals surface area contributed by atoms with E-state index < -0.39 is 0 Å². The maximum Gasteiger partial charge on any atom is 0.259 e. The molecule has 1 N–H and O–H groups in total. The van der Waals surface area contributed by atoms with Crippen molar-refractivity contribution < 1.29 is 4.79 Å². The molecular formula is C17H21N3O2. The first kappa shape index (κ1) is 14.8. The minimum atomic E-state index is -0.230. The number of aromatic amines is 1. The summed E-state index contributed by atoms with van der Waals surface area (Å²) in [5.41, 5.74) is 1.36. The van der Waals surface area contributed by atoms with Crippen molar-refractivity contribution in [2.45, 2.75) is 45.6 Å². The zero-order chi connectivity index (χ0) is 15.7. The summed E-state index contributed by atoms with van der Waals surface area (Å²) in [6.45, 7) is 4.70. The molecule has 1 aliphatic rings. The number of aromatic nitrogens is 2. The van der Waals surface area contributed by atoms with Crippen molar-refractivity contribution in [1.29, 1.82) is 0 Å². The average Bonchev–Trinajstić information content (AvgIpc) is 2.54. The summed E-state index contributed by atoms with van der Waals surface area (Å²) in [6.07, 6.45) is 5.63. The van der Waals surface area contributed by atoms with E-state index in [-0.39, 0.29) is 22.9 Å². The van der Waals surface area contributed by atoms with Crippen LogP contribution in [0.4, 0.5) is 0 Å². The number of nitrogens with one attached hydrogen (secondary N) is 1. The van der Waals surface area contributed by atoms with Gasteiger partial charge < -0.3 is 9.88 Å². The first-order valence-electron chi connectivity index (χ1n) is 7.92. The molecule has 116 valence electrons. The third kappa shape index (κ3) is 2.51. The first-order valence-corrected chi connectivity index (χ1v) is 7.92. The second-order valence-electron chi connectivity index (χ2n) is 5.94. The summed E-state index contributed by atoms with van der Waals surface area (Å²) < 4.78 is 0. The summed E-state index contributed by atoms with van der Waals surface area (Å²) in [4.78, 5) is 34.6. The van der Waals surface area contributed by atoms with Gasteiger partial charge in [0.2, 0.25) is 5.43 Å². The largest absolute Gasteiger partial charge is 0.345 e. The Kier molecular flexibility index (Phi) is 3.96. The standard InChI is InChI=1S/C17H21N3O2/c1-3-12-6-4-5-9-20(12)17(22)14-10-18-16-13(15(14)21)8-7-11(2)19-16/h7-8,10,12H,3-6,9H2,1-2H3,(H,18,19,21). The van der Waals surface area contributed by atoms with Crippen LogP contribution in [0.1, 0.15) is 48.7 Å². The van der Waals surface area contributed by atoms with Crippen molar-refractivity contribution in [2.75, 3.05) is 6.54 Å². The Morgan fingerprint density at radius 1 is 1.41 bits per heavy atom. The summed E-state index contributed by atoms with van der Waals surface area (Å²) in [5.74, 6) is -0.157. The second kappa shape index (κ2) is 5.91. The summed E-state index contributed by atoms with van der Waals surface area (Å²) in [7, 11) is 0. The number of carbonyl (C=O) groups is 1. The maximum absolute atomic E-state index is 12.8. The molecule has 3 rings (SSSR count). The van der Waals surface area contributed by atoms with Crippen molar-refractivity contribution in [3.8, 4) is 0 Å². The van der Waals surface area contributed by atoms with Gasteiger partial charge in [0, 0.05) is 24.5 Å². The van der Waals surface area contributed by atoms with Gasteiger partial charge in [0.05, 0.1) is 5.39 Å². The van der Waals surface area contributed by atoms with E-state index in [9.17, 15) is 9.59 Å². The molecule has 0 aromatic carbocycles. The molecule has 1 fully saturated rings. The number of piperidine rings is 1. The first-order chi connectivity index (χ1) is 10.6. The minimum Gasteiger partial charge on any atom is -0.345 e. The molecule has 0 saturated carbocycles. The smallest absolute Gasteiger partial charge is 0.259 e. The molecule has 3 heterocycles. The van der Waals surface area contributed by atoms with Crippen LogP contribution in [-0.4, -0.2) is 33.4 Å². The van der Waals surface area contributed by atoms with Gasteiger partial charge in [-0.2, -0.15) is 0 Å². The number of aryl methyl sites for hydroxylation is 1. The highest BCUT2D eigenvalue weighted by Crippen LogP contribution is 2.21. The number of hydrogen-bond donors (Lipinski definition) is 1. The number of carbonyl (C=O) groups excluding carboxylic acids is 1. The molecule has 5 heteroatoms. The number of pyridine rings is 2. The van der Waals surface area contributed by atoms with Crippen molar-refractivity contribution in [3.05, 3.63) is 39.8 Å². The van der Waals surface area contributed by atoms with Crippen LogP contribution in [0.25, 0.3) is 11.0 Å². The second-order valence-corrected chi connectivity index (χ2v) is 5.94. The number of hydrogen-bond acceptors (Lipinski definition) is 3. The van der Waals surface area contributed by atoms with E-state index in [1.54, 1.807) is 12.1 Å². The van der Waals surface area contributed by atoms with Gasteiger partial charge in [-0.3, -0.25) is 9.59 Å². The third-order valence-corrected chi connectivity index (χ3v) is 4.47. The predicted octanol–water partition coefficient (Wildman–Crippen LogP) is 2.64. The fourth-order valence-electron chi connectivity index (χ4n) is 3.21. The van der Waals surface area contributed by atoms with Crippen LogP contribution in [0.2, 0.25) is 0 Å². The molecule has 22 heavy (non-hydrogen) atoms. The molecule has 0 spiro atoms. The van der Waals surface area contributed by atoms with Crippen LogP contribution in [-0.2, 0) is 0 Å². The lowest BCUT2D eigenvalue weighted by molar-refractivity contribution is 0.0606. The molecule has 1 amide bonds. The molecule has 2 aromatic heterocycles. The highest BCUT2D eigenvalue weighted by molar-refractivity contribution is 5.96. The monoisotopic (exact) mass is 299 g/mol. The highest BCUT2D eigenvalue weighted by atomic mass is 16.2. The van der Waals surface area contributed by atoms with E-state index in [4.69, 9.17) is 0 Å². The Labute approximate surface area is 129 Å². The zero-order valence-corrected chi connectivity index (χ0v) is 13.1. The van der Waals surface area contributed by atoms with Crippen LogP contribution >= 0.6 is 0 Å². The van der Waals surface area contributed by atoms with E-state index in [0.29, 0.717) is 11.0 Å². The van der Waals surface area contributed by atoms with Crippen molar-refractivity contribution in [3.63, 3.8) is 0 Å². The fourth-order valence-corrected chi connectivity index (χ4v) is 3.21. The van der Waals surface area contributed by atoms with Crippen LogP contribution in [0.15, 0.2) is 23.1 Å². The van der Waals surface area contributed by atoms with E-state index >= 15 is 0 Å². The Hall–Kier alpha value is -2.17. The molecule has 0 radical (unpaired) electrons. The Morgan fingerprint density at radius 3 is 3.00 bits per heavy atom. The summed E-state index contributed by atoms with van der Waals surface area (Å²) in [5, 5.41) is 0.474. The van der Waals surface area contributed by atoms with E-state index in [2.05, 4.69) is 16.9 Å². The van der Waals surface area contributed by atoms with E-state index in [0.717, 1.165) is 37.9 Å². The average molecular weight is 299 g/mol. The quantitative estimate of drug-likeness (QED) is 0.927. The van der Waals surface area contributed by atoms with Crippen LogP contribution in [0, 0.1) is 6.92 Å². The van der Waals surface area contributed by atoms with Gasteiger partial charge in [0.1, 0.15) is 11.2 Å². The lowest BCUT2D eigenvalue weighted by Gasteiger charge is -2.35. The van der Waals surface area contributed by atoms with Gasteiger partial charge in [-0.05, 0) is 44.7 Å². The third-order valence-electron chi connectivity index (χ3n) is 4.47. The molecule has 1 unspecified atom stereocenters. The van der Waals surface area contributed by atoms with Crippen molar-refractivity contribution in [1.82, 2.24) is 14.9 Å². The van der Waals surface area contributed by atoms with Gasteiger partial charge in [-0.1, -0.05) is 6.92 Å². The molecular weight excluding hydrogens is 278 g/mol. The topological polar surface area (TPSA) is 66.1 Å². The Balaban J connectivity index is 2.02. The maximum atomic E-state index is 12.8. The number of H-pyrrole nitrogens is 1. The summed E-state index contributed by atoms with van der Waals surface area (Å²) in [6, 6.07) is 3.77. The van der Waals surface area contributed by atoms with Crippen LogP contribution < -0.4 is 5.43 Å².